The van der Waals surface area contributed by atoms with Gasteiger partial charge in [0.05, 0.1) is 11.0 Å². The van der Waals surface area contributed by atoms with E-state index in [-0.39, 0.29) is 11.0 Å². The van der Waals surface area contributed by atoms with Gasteiger partial charge in [-0.1, -0.05) is 12.2 Å². The summed E-state index contributed by atoms with van der Waals surface area (Å²) in [5.41, 5.74) is 5.42. The number of amides is 1. The predicted molar refractivity (Wildman–Crippen MR) is 49.2 cm³/mol. The second-order valence-corrected chi connectivity index (χ2v) is 3.36. The van der Waals surface area contributed by atoms with Gasteiger partial charge in [0.1, 0.15) is 0 Å². The summed E-state index contributed by atoms with van der Waals surface area (Å²) in [5.74, 6) is 0. The molecule has 5 heteroatoms. The van der Waals surface area contributed by atoms with Crippen molar-refractivity contribution >= 4 is 23.3 Å². The van der Waals surface area contributed by atoms with Crippen molar-refractivity contribution in [3.8, 4) is 0 Å². The van der Waals surface area contributed by atoms with Gasteiger partial charge in [-0.05, 0) is 19.3 Å². The van der Waals surface area contributed by atoms with Crippen LogP contribution in [0.1, 0.15) is 19.3 Å². The molecule has 1 aliphatic heterocycles. The van der Waals surface area contributed by atoms with Gasteiger partial charge in [0.15, 0.2) is 0 Å². The summed E-state index contributed by atoms with van der Waals surface area (Å²) in [6, 6.07) is -0.244. The molecular weight excluding hydrogens is 176 g/mol. The zero-order chi connectivity index (χ0) is 9.14. The van der Waals surface area contributed by atoms with Gasteiger partial charge in [-0.15, -0.1) is 0 Å². The number of likely N-dealkylation sites (tertiary alicyclic amines) is 1. The molecule has 3 N–H and O–H groups in total. The third kappa shape index (κ3) is 1.85. The lowest BCUT2D eigenvalue weighted by Gasteiger charge is -2.32. The van der Waals surface area contributed by atoms with Gasteiger partial charge < -0.3 is 10.8 Å². The Morgan fingerprint density at radius 3 is 2.67 bits per heavy atom. The average molecular weight is 188 g/mol. The van der Waals surface area contributed by atoms with Crippen LogP contribution in [0, 0.1) is 0 Å². The van der Waals surface area contributed by atoms with Crippen LogP contribution in [0.3, 0.4) is 0 Å². The monoisotopic (exact) mass is 188 g/mol. The van der Waals surface area contributed by atoms with Crippen LogP contribution in [0.4, 0.5) is 4.79 Å². The van der Waals surface area contributed by atoms with Crippen LogP contribution in [0.25, 0.3) is 0 Å². The standard InChI is InChI=1S/C7H12N2O2S/c8-6(12)5-3-1-2-4-9(5)7(10)11/h5H,1-4H2,(H2,8,12)(H,10,11)/t5-/m1/s1. The fourth-order valence-electron chi connectivity index (χ4n) is 1.46. The number of thiocarbonyl (C=S) groups is 1. The van der Waals surface area contributed by atoms with Gasteiger partial charge in [-0.3, -0.25) is 4.90 Å². The first-order valence-corrected chi connectivity index (χ1v) is 4.32. The number of carboxylic acid groups (broad SMARTS) is 1. The first-order valence-electron chi connectivity index (χ1n) is 3.92. The highest BCUT2D eigenvalue weighted by Gasteiger charge is 2.27. The molecule has 1 fully saturated rings. The lowest BCUT2D eigenvalue weighted by Crippen LogP contribution is -2.49. The van der Waals surface area contributed by atoms with E-state index in [1.165, 1.54) is 4.90 Å². The Morgan fingerprint density at radius 2 is 2.25 bits per heavy atom. The number of nitrogens with two attached hydrogens (primary N) is 1. The highest BCUT2D eigenvalue weighted by molar-refractivity contribution is 7.80. The summed E-state index contributed by atoms with van der Waals surface area (Å²) in [4.78, 5) is 12.3. The van der Waals surface area contributed by atoms with Crippen LogP contribution in [-0.4, -0.2) is 33.7 Å². The molecule has 0 aromatic rings. The van der Waals surface area contributed by atoms with E-state index in [1.807, 2.05) is 0 Å². The van der Waals surface area contributed by atoms with Gasteiger partial charge in [0.2, 0.25) is 0 Å². The zero-order valence-electron chi connectivity index (χ0n) is 6.69. The fraction of sp³-hybridized carbons (Fsp3) is 0.714. The van der Waals surface area contributed by atoms with Gasteiger partial charge in [-0.25, -0.2) is 4.79 Å². The fourth-order valence-corrected chi connectivity index (χ4v) is 1.70. The molecule has 0 aliphatic carbocycles. The molecule has 68 valence electrons. The Morgan fingerprint density at radius 1 is 1.58 bits per heavy atom. The van der Waals surface area contributed by atoms with Crippen molar-refractivity contribution < 1.29 is 9.90 Å². The second kappa shape index (κ2) is 3.71. The van der Waals surface area contributed by atoms with Crippen LogP contribution in [0.2, 0.25) is 0 Å². The minimum Gasteiger partial charge on any atom is -0.465 e. The molecule has 1 rings (SSSR count). The molecule has 0 aromatic heterocycles. The molecule has 0 aromatic carbocycles. The number of hydrogen-bond donors (Lipinski definition) is 2. The van der Waals surface area contributed by atoms with E-state index in [4.69, 9.17) is 23.1 Å². The number of piperidine rings is 1. The normalized spacial score (nSPS) is 23.7. The van der Waals surface area contributed by atoms with Crippen molar-refractivity contribution in [1.29, 1.82) is 0 Å². The van der Waals surface area contributed by atoms with Crippen LogP contribution >= 0.6 is 12.2 Å². The predicted octanol–water partition coefficient (Wildman–Crippen LogP) is 0.805. The Hall–Kier alpha value is -0.840. The molecule has 1 saturated heterocycles. The second-order valence-electron chi connectivity index (χ2n) is 2.89. The van der Waals surface area contributed by atoms with Crippen molar-refractivity contribution in [3.05, 3.63) is 0 Å². The number of carbonyl (C=O) groups is 1. The minimum absolute atomic E-state index is 0.244. The van der Waals surface area contributed by atoms with E-state index in [0.717, 1.165) is 19.3 Å². The number of hydrogen-bond acceptors (Lipinski definition) is 2. The van der Waals surface area contributed by atoms with Crippen LogP contribution in [-0.2, 0) is 0 Å². The molecule has 0 radical (unpaired) electrons. The third-order valence-electron chi connectivity index (χ3n) is 2.08. The summed E-state index contributed by atoms with van der Waals surface area (Å²) in [5, 5.41) is 8.77. The lowest BCUT2D eigenvalue weighted by molar-refractivity contribution is 0.124. The van der Waals surface area contributed by atoms with Gasteiger partial charge in [-0.2, -0.15) is 0 Å². The molecule has 1 amide bonds. The van der Waals surface area contributed by atoms with Crippen LogP contribution in [0.5, 0.6) is 0 Å². The molecule has 0 unspecified atom stereocenters. The molecule has 1 aliphatic rings. The molecule has 0 saturated carbocycles. The van der Waals surface area contributed by atoms with E-state index in [2.05, 4.69) is 0 Å². The summed E-state index contributed by atoms with van der Waals surface area (Å²) >= 11 is 4.78. The van der Waals surface area contributed by atoms with Crippen molar-refractivity contribution in [1.82, 2.24) is 4.90 Å². The Labute approximate surface area is 76.3 Å². The Balaban J connectivity index is 2.67. The van der Waals surface area contributed by atoms with Gasteiger partial charge in [0.25, 0.3) is 0 Å². The van der Waals surface area contributed by atoms with Gasteiger partial charge >= 0.3 is 6.09 Å². The van der Waals surface area contributed by atoms with E-state index in [0.29, 0.717) is 6.54 Å². The van der Waals surface area contributed by atoms with Gasteiger partial charge in [0, 0.05) is 6.54 Å². The molecule has 1 atom stereocenters. The maximum absolute atomic E-state index is 10.7. The van der Waals surface area contributed by atoms with Crippen molar-refractivity contribution in [2.45, 2.75) is 25.3 Å². The maximum atomic E-state index is 10.7. The van der Waals surface area contributed by atoms with Crippen LogP contribution in [0.15, 0.2) is 0 Å². The Bertz CT molecular complexity index is 186. The molecular formula is C7H12N2O2S. The highest BCUT2D eigenvalue weighted by atomic mass is 32.1. The first kappa shape index (κ1) is 9.25. The van der Waals surface area contributed by atoms with E-state index in [9.17, 15) is 4.79 Å². The number of rotatable bonds is 1. The Kier molecular flexibility index (Phi) is 2.86. The van der Waals surface area contributed by atoms with Crippen molar-refractivity contribution in [2.24, 2.45) is 5.73 Å². The molecule has 1 heterocycles. The molecule has 4 nitrogen and oxygen atoms in total. The van der Waals surface area contributed by atoms with E-state index >= 15 is 0 Å². The largest absolute Gasteiger partial charge is 0.465 e. The summed E-state index contributed by atoms with van der Waals surface area (Å²) in [7, 11) is 0. The average Bonchev–Trinajstić information content (AvgIpc) is 2.04. The first-order chi connectivity index (χ1) is 5.63. The van der Waals surface area contributed by atoms with Crippen molar-refractivity contribution in [2.75, 3.05) is 6.54 Å². The summed E-state index contributed by atoms with van der Waals surface area (Å²) in [6.45, 7) is 0.553. The summed E-state index contributed by atoms with van der Waals surface area (Å²) < 4.78 is 0. The zero-order valence-corrected chi connectivity index (χ0v) is 7.51. The highest BCUT2D eigenvalue weighted by Crippen LogP contribution is 2.16. The minimum atomic E-state index is -0.924. The molecule has 0 bridgehead atoms. The smallest absolute Gasteiger partial charge is 0.407 e. The van der Waals surface area contributed by atoms with Crippen molar-refractivity contribution in [3.63, 3.8) is 0 Å². The third-order valence-corrected chi connectivity index (χ3v) is 2.35. The van der Waals surface area contributed by atoms with Crippen LogP contribution < -0.4 is 5.73 Å². The van der Waals surface area contributed by atoms with E-state index in [1.54, 1.807) is 0 Å². The molecule has 0 spiro atoms. The topological polar surface area (TPSA) is 66.6 Å². The lowest BCUT2D eigenvalue weighted by atomic mass is 10.0. The summed E-state index contributed by atoms with van der Waals surface area (Å²) in [6.07, 6.45) is 1.76. The molecule has 12 heavy (non-hydrogen) atoms. The van der Waals surface area contributed by atoms with E-state index < -0.39 is 6.09 Å². The SMILES string of the molecule is NC(=S)[C@H]1CCCCN1C(=O)O. The quantitative estimate of drug-likeness (QED) is 0.597. The maximum Gasteiger partial charge on any atom is 0.407 e. The number of nitrogens with zero attached hydrogens (tertiary/aromatic N) is 1.